The van der Waals surface area contributed by atoms with Crippen molar-refractivity contribution in [3.8, 4) is 16.9 Å². The third-order valence-corrected chi connectivity index (χ3v) is 6.14. The van der Waals surface area contributed by atoms with Crippen LogP contribution in [-0.4, -0.2) is 69.8 Å². The summed E-state index contributed by atoms with van der Waals surface area (Å²) in [4.78, 5) is 25.3. The number of hydrogen-bond acceptors (Lipinski definition) is 8. The van der Waals surface area contributed by atoms with Gasteiger partial charge in [-0.05, 0) is 48.1 Å². The Morgan fingerprint density at radius 3 is 2.21 bits per heavy atom. The summed E-state index contributed by atoms with van der Waals surface area (Å²) in [5, 5.41) is 11.7. The van der Waals surface area contributed by atoms with E-state index in [0.29, 0.717) is 37.4 Å². The van der Waals surface area contributed by atoms with Gasteiger partial charge in [-0.25, -0.2) is 9.97 Å². The number of nitrogens with zero attached hydrogens (tertiary/aromatic N) is 3. The molecule has 0 bridgehead atoms. The normalized spacial score (nSPS) is 11.2. The lowest BCUT2D eigenvalue weighted by Crippen LogP contribution is -2.42. The molecule has 3 rings (SSSR count). The maximum atomic E-state index is 12.8. The Hall–Kier alpha value is -3.89. The number of anilines is 2. The minimum absolute atomic E-state index is 0.0826. The number of aromatic nitrogens is 2. The predicted octanol–water partition coefficient (Wildman–Crippen LogP) is 4.23. The zero-order valence-electron chi connectivity index (χ0n) is 22.8. The summed E-state index contributed by atoms with van der Waals surface area (Å²) in [6.07, 6.45) is 2.85. The standard InChI is InChI=1S/C28H36ClN7O3/c1-30-25-23(34-24(29)26(31-2)35-25)27(37)36-28(32-3)33-16-6-5-7-19-8-10-20(11-9-19)21-12-14-22(15-13-21)39-18-17-38-4/h8-15H,5-7,16-18H2,1-4H3,(H2,30,31,35)(H2,32,33,36,37). The van der Waals surface area contributed by atoms with Crippen LogP contribution in [-0.2, 0) is 11.2 Å². The number of halogens is 1. The molecule has 0 spiro atoms. The van der Waals surface area contributed by atoms with Crippen LogP contribution in [0.1, 0.15) is 28.9 Å². The Balaban J connectivity index is 1.43. The number of carbonyl (C=O) groups is 1. The Bertz CT molecular complexity index is 1240. The number of carbonyl (C=O) groups excluding carboxylic acids is 1. The van der Waals surface area contributed by atoms with Gasteiger partial charge in [-0.1, -0.05) is 48.0 Å². The van der Waals surface area contributed by atoms with Crippen molar-refractivity contribution in [3.05, 3.63) is 64.9 Å². The van der Waals surface area contributed by atoms with E-state index in [4.69, 9.17) is 21.1 Å². The predicted molar refractivity (Wildman–Crippen MR) is 157 cm³/mol. The van der Waals surface area contributed by atoms with Gasteiger partial charge in [0.05, 0.1) is 6.61 Å². The highest BCUT2D eigenvalue weighted by molar-refractivity contribution is 6.32. The number of hydrogen-bond donors (Lipinski definition) is 4. The molecule has 1 aromatic heterocycles. The molecule has 0 aliphatic heterocycles. The molecule has 11 heteroatoms. The molecule has 0 aliphatic rings. The van der Waals surface area contributed by atoms with Gasteiger partial charge in [-0.3, -0.25) is 15.1 Å². The fourth-order valence-electron chi connectivity index (χ4n) is 3.76. The zero-order chi connectivity index (χ0) is 28.0. The largest absolute Gasteiger partial charge is 0.491 e. The summed E-state index contributed by atoms with van der Waals surface area (Å²) in [7, 11) is 6.60. The summed E-state index contributed by atoms with van der Waals surface area (Å²) in [5.74, 6) is 1.43. The second-order valence-corrected chi connectivity index (χ2v) is 8.89. The number of benzene rings is 2. The van der Waals surface area contributed by atoms with Crippen LogP contribution in [0.4, 0.5) is 11.6 Å². The number of guanidine groups is 1. The fraction of sp³-hybridized carbons (Fsp3) is 0.357. The number of rotatable bonds is 13. The molecule has 0 saturated carbocycles. The minimum atomic E-state index is -0.460. The summed E-state index contributed by atoms with van der Waals surface area (Å²) < 4.78 is 10.6. The van der Waals surface area contributed by atoms with Crippen LogP contribution >= 0.6 is 11.6 Å². The van der Waals surface area contributed by atoms with Gasteiger partial charge < -0.3 is 25.4 Å². The molecule has 10 nitrogen and oxygen atoms in total. The van der Waals surface area contributed by atoms with E-state index in [9.17, 15) is 4.79 Å². The number of methoxy groups -OCH3 is 1. The zero-order valence-corrected chi connectivity index (χ0v) is 23.6. The first-order valence-electron chi connectivity index (χ1n) is 12.7. The van der Waals surface area contributed by atoms with Gasteiger partial charge in [0.15, 0.2) is 28.4 Å². The van der Waals surface area contributed by atoms with E-state index in [0.717, 1.165) is 36.1 Å². The quantitative estimate of drug-likeness (QED) is 0.141. The van der Waals surface area contributed by atoms with E-state index < -0.39 is 5.91 Å². The molecule has 0 saturated heterocycles. The van der Waals surface area contributed by atoms with Crippen molar-refractivity contribution in [3.63, 3.8) is 0 Å². The van der Waals surface area contributed by atoms with E-state index in [-0.39, 0.29) is 10.8 Å². The first kappa shape index (κ1) is 29.7. The maximum Gasteiger partial charge on any atom is 0.280 e. The van der Waals surface area contributed by atoms with Crippen LogP contribution < -0.4 is 26.0 Å². The second-order valence-electron chi connectivity index (χ2n) is 8.53. The SMILES string of the molecule is C/N=C(\NCCCCc1ccc(-c2ccc(OCCOC)cc2)cc1)NC(=O)c1nc(Cl)c(NC)nc1NC. The monoisotopic (exact) mass is 553 g/mol. The van der Waals surface area contributed by atoms with Gasteiger partial charge in [0.1, 0.15) is 12.4 Å². The van der Waals surface area contributed by atoms with Crippen molar-refractivity contribution in [2.75, 3.05) is 58.6 Å². The number of ether oxygens (including phenoxy) is 2. The average Bonchev–Trinajstić information content (AvgIpc) is 2.97. The molecule has 39 heavy (non-hydrogen) atoms. The van der Waals surface area contributed by atoms with Crippen molar-refractivity contribution in [2.24, 2.45) is 4.99 Å². The Labute approximate surface area is 234 Å². The number of aryl methyl sites for hydroxylation is 1. The van der Waals surface area contributed by atoms with E-state index >= 15 is 0 Å². The van der Waals surface area contributed by atoms with Crippen LogP contribution in [0.25, 0.3) is 11.1 Å². The summed E-state index contributed by atoms with van der Waals surface area (Å²) >= 11 is 6.11. The Kier molecular flexibility index (Phi) is 11.8. The van der Waals surface area contributed by atoms with Crippen molar-refractivity contribution >= 4 is 35.1 Å². The van der Waals surface area contributed by atoms with Crippen LogP contribution in [0.15, 0.2) is 53.5 Å². The molecule has 2 aromatic carbocycles. The molecule has 3 aromatic rings. The maximum absolute atomic E-state index is 12.8. The molecular formula is C28H36ClN7O3. The van der Waals surface area contributed by atoms with Crippen molar-refractivity contribution < 1.29 is 14.3 Å². The number of unbranched alkanes of at least 4 members (excludes halogenated alkanes) is 1. The average molecular weight is 554 g/mol. The molecule has 0 aliphatic carbocycles. The lowest BCUT2D eigenvalue weighted by atomic mass is 10.0. The Morgan fingerprint density at radius 2 is 1.59 bits per heavy atom. The molecule has 0 atom stereocenters. The molecule has 4 N–H and O–H groups in total. The van der Waals surface area contributed by atoms with Crippen molar-refractivity contribution in [1.29, 1.82) is 0 Å². The third-order valence-electron chi connectivity index (χ3n) is 5.88. The van der Waals surface area contributed by atoms with Crippen LogP contribution in [0.5, 0.6) is 5.75 Å². The van der Waals surface area contributed by atoms with Crippen LogP contribution in [0.2, 0.25) is 5.15 Å². The minimum Gasteiger partial charge on any atom is -0.491 e. The van der Waals surface area contributed by atoms with Gasteiger partial charge in [-0.15, -0.1) is 0 Å². The molecule has 1 amide bonds. The van der Waals surface area contributed by atoms with Gasteiger partial charge >= 0.3 is 0 Å². The molecule has 1 heterocycles. The highest BCUT2D eigenvalue weighted by Crippen LogP contribution is 2.24. The smallest absolute Gasteiger partial charge is 0.280 e. The van der Waals surface area contributed by atoms with Gasteiger partial charge in [-0.2, -0.15) is 0 Å². The second kappa shape index (κ2) is 15.5. The number of amides is 1. The summed E-state index contributed by atoms with van der Waals surface area (Å²) in [5.41, 5.74) is 3.66. The highest BCUT2D eigenvalue weighted by Gasteiger charge is 2.19. The molecule has 0 unspecified atom stereocenters. The molecule has 0 fully saturated rings. The van der Waals surface area contributed by atoms with Gasteiger partial charge in [0, 0.05) is 34.8 Å². The summed E-state index contributed by atoms with van der Waals surface area (Å²) in [6, 6.07) is 16.7. The van der Waals surface area contributed by atoms with Crippen molar-refractivity contribution in [1.82, 2.24) is 20.6 Å². The highest BCUT2D eigenvalue weighted by atomic mass is 35.5. The first-order chi connectivity index (χ1) is 19.0. The lowest BCUT2D eigenvalue weighted by molar-refractivity contribution is 0.0971. The van der Waals surface area contributed by atoms with Gasteiger partial charge in [0.2, 0.25) is 0 Å². The van der Waals surface area contributed by atoms with E-state index in [1.54, 1.807) is 28.3 Å². The topological polar surface area (TPSA) is 122 Å². The number of nitrogens with one attached hydrogen (secondary N) is 4. The van der Waals surface area contributed by atoms with E-state index in [1.165, 1.54) is 5.56 Å². The first-order valence-corrected chi connectivity index (χ1v) is 13.1. The van der Waals surface area contributed by atoms with Gasteiger partial charge in [0.25, 0.3) is 5.91 Å². The Morgan fingerprint density at radius 1 is 0.923 bits per heavy atom. The van der Waals surface area contributed by atoms with E-state index in [2.05, 4.69) is 72.6 Å². The fourth-order valence-corrected chi connectivity index (χ4v) is 3.99. The molecular weight excluding hydrogens is 518 g/mol. The third kappa shape index (κ3) is 8.83. The van der Waals surface area contributed by atoms with E-state index in [1.807, 2.05) is 12.1 Å². The summed E-state index contributed by atoms with van der Waals surface area (Å²) in [6.45, 7) is 1.77. The number of aliphatic imine (C=N–C) groups is 1. The lowest BCUT2D eigenvalue weighted by Gasteiger charge is -2.13. The van der Waals surface area contributed by atoms with Crippen molar-refractivity contribution in [2.45, 2.75) is 19.3 Å². The molecule has 0 radical (unpaired) electrons. The van der Waals surface area contributed by atoms with Crippen LogP contribution in [0.3, 0.4) is 0 Å². The van der Waals surface area contributed by atoms with Crippen LogP contribution in [0, 0.1) is 0 Å². The molecule has 208 valence electrons.